The molecule has 2 aromatic rings. The Labute approximate surface area is 177 Å². The molecule has 0 saturated carbocycles. The average Bonchev–Trinajstić information content (AvgIpc) is 2.72. The lowest BCUT2D eigenvalue weighted by Gasteiger charge is -2.35. The fourth-order valence-electron chi connectivity index (χ4n) is 3.57. The van der Waals surface area contributed by atoms with Crippen LogP contribution in [0.5, 0.6) is 0 Å². The van der Waals surface area contributed by atoms with Crippen LogP contribution in [0.1, 0.15) is 34.1 Å². The van der Waals surface area contributed by atoms with Gasteiger partial charge < -0.3 is 9.80 Å². The van der Waals surface area contributed by atoms with Crippen LogP contribution in [0, 0.1) is 5.92 Å². The van der Waals surface area contributed by atoms with Crippen molar-refractivity contribution in [2.45, 2.75) is 51.1 Å². The zero-order valence-electron chi connectivity index (χ0n) is 17.9. The Morgan fingerprint density at radius 3 is 2.48 bits per heavy atom. The van der Waals surface area contributed by atoms with Crippen molar-refractivity contribution in [3.05, 3.63) is 34.6 Å². The van der Waals surface area contributed by atoms with Crippen LogP contribution in [-0.2, 0) is 11.3 Å². The second kappa shape index (κ2) is 9.76. The monoisotopic (exact) mass is 416 g/mol. The van der Waals surface area contributed by atoms with Crippen molar-refractivity contribution in [1.82, 2.24) is 19.4 Å². The van der Waals surface area contributed by atoms with Crippen LogP contribution in [-0.4, -0.2) is 63.2 Å². The van der Waals surface area contributed by atoms with Gasteiger partial charge in [-0.2, -0.15) is 0 Å². The third kappa shape index (κ3) is 5.20. The topological polar surface area (TPSA) is 58.4 Å². The molecule has 1 aromatic carbocycles. The smallest absolute Gasteiger partial charge is 0.262 e. The number of hydrogen-bond acceptors (Lipinski definition) is 5. The van der Waals surface area contributed by atoms with Gasteiger partial charge in [0.2, 0.25) is 5.91 Å². The van der Waals surface area contributed by atoms with E-state index in [2.05, 4.69) is 25.7 Å². The predicted molar refractivity (Wildman–Crippen MR) is 119 cm³/mol. The van der Waals surface area contributed by atoms with Crippen LogP contribution in [0.2, 0.25) is 0 Å². The number of aromatic nitrogens is 2. The van der Waals surface area contributed by atoms with Crippen LogP contribution in [0.15, 0.2) is 34.2 Å². The zero-order valence-corrected chi connectivity index (χ0v) is 18.7. The third-order valence-electron chi connectivity index (χ3n) is 5.52. The lowest BCUT2D eigenvalue weighted by atomic mass is 10.1. The standard InChI is InChI=1S/C22H32N4O2S/c1-5-24-12-14-25(15-13-24)20(27)17(4)29-22-23-19-9-7-6-8-18(19)21(28)26(22)11-10-16(2)3/h6-9,16-17H,5,10-15H2,1-4H3. The summed E-state index contributed by atoms with van der Waals surface area (Å²) < 4.78 is 1.76. The predicted octanol–water partition coefficient (Wildman–Crippen LogP) is 3.09. The Morgan fingerprint density at radius 2 is 1.83 bits per heavy atom. The van der Waals surface area contributed by atoms with Crippen LogP contribution < -0.4 is 5.56 Å². The van der Waals surface area contributed by atoms with Gasteiger partial charge in [0, 0.05) is 32.7 Å². The number of para-hydroxylation sites is 1. The minimum Gasteiger partial charge on any atom is -0.339 e. The highest BCUT2D eigenvalue weighted by Crippen LogP contribution is 2.25. The minimum atomic E-state index is -0.276. The normalized spacial score (nSPS) is 16.5. The molecule has 1 fully saturated rings. The van der Waals surface area contributed by atoms with Crippen LogP contribution in [0.4, 0.5) is 0 Å². The molecule has 29 heavy (non-hydrogen) atoms. The van der Waals surface area contributed by atoms with E-state index in [9.17, 15) is 9.59 Å². The van der Waals surface area contributed by atoms with Crippen molar-refractivity contribution >= 4 is 28.6 Å². The molecule has 0 radical (unpaired) electrons. The van der Waals surface area contributed by atoms with E-state index in [-0.39, 0.29) is 16.7 Å². The highest BCUT2D eigenvalue weighted by Gasteiger charge is 2.26. The quantitative estimate of drug-likeness (QED) is 0.513. The molecule has 0 spiro atoms. The SMILES string of the molecule is CCN1CCN(C(=O)C(C)Sc2nc3ccccc3c(=O)n2CCC(C)C)CC1. The highest BCUT2D eigenvalue weighted by molar-refractivity contribution is 8.00. The molecule has 1 atom stereocenters. The Kier molecular flexibility index (Phi) is 7.35. The van der Waals surface area contributed by atoms with E-state index in [1.165, 1.54) is 11.8 Å². The van der Waals surface area contributed by atoms with Crippen LogP contribution >= 0.6 is 11.8 Å². The maximum Gasteiger partial charge on any atom is 0.262 e. The molecular formula is C22H32N4O2S. The summed E-state index contributed by atoms with van der Waals surface area (Å²) in [6, 6.07) is 7.45. The number of carbonyl (C=O) groups is 1. The van der Waals surface area contributed by atoms with E-state index in [4.69, 9.17) is 4.98 Å². The molecule has 1 amide bonds. The number of rotatable bonds is 7. The van der Waals surface area contributed by atoms with Crippen molar-refractivity contribution in [2.24, 2.45) is 5.92 Å². The molecule has 6 nitrogen and oxygen atoms in total. The van der Waals surface area contributed by atoms with Crippen molar-refractivity contribution in [1.29, 1.82) is 0 Å². The van der Waals surface area contributed by atoms with E-state index in [1.807, 2.05) is 36.1 Å². The van der Waals surface area contributed by atoms with Gasteiger partial charge in [-0.25, -0.2) is 4.98 Å². The van der Waals surface area contributed by atoms with Gasteiger partial charge in [0.15, 0.2) is 5.16 Å². The molecule has 0 N–H and O–H groups in total. The summed E-state index contributed by atoms with van der Waals surface area (Å²) in [4.78, 5) is 35.1. The molecule has 1 aromatic heterocycles. The fraction of sp³-hybridized carbons (Fsp3) is 0.591. The fourth-order valence-corrected chi connectivity index (χ4v) is 4.59. The van der Waals surface area contributed by atoms with E-state index in [0.717, 1.165) is 39.1 Å². The van der Waals surface area contributed by atoms with Crippen molar-refractivity contribution in [3.63, 3.8) is 0 Å². The summed E-state index contributed by atoms with van der Waals surface area (Å²) in [6.07, 6.45) is 0.898. The number of likely N-dealkylation sites (N-methyl/N-ethyl adjacent to an activating group) is 1. The summed E-state index contributed by atoms with van der Waals surface area (Å²) in [5.74, 6) is 0.615. The van der Waals surface area contributed by atoms with Gasteiger partial charge in [0.25, 0.3) is 5.56 Å². The van der Waals surface area contributed by atoms with Crippen LogP contribution in [0.3, 0.4) is 0 Å². The van der Waals surface area contributed by atoms with Crippen molar-refractivity contribution in [3.8, 4) is 0 Å². The second-order valence-electron chi connectivity index (χ2n) is 8.07. The Morgan fingerprint density at radius 1 is 1.14 bits per heavy atom. The summed E-state index contributed by atoms with van der Waals surface area (Å²) in [6.45, 7) is 13.4. The second-order valence-corrected chi connectivity index (χ2v) is 9.38. The molecule has 1 aliphatic heterocycles. The lowest BCUT2D eigenvalue weighted by Crippen LogP contribution is -2.50. The largest absolute Gasteiger partial charge is 0.339 e. The number of piperazine rings is 1. The van der Waals surface area contributed by atoms with Gasteiger partial charge in [0.1, 0.15) is 0 Å². The van der Waals surface area contributed by atoms with Crippen LogP contribution in [0.25, 0.3) is 10.9 Å². The van der Waals surface area contributed by atoms with Gasteiger partial charge in [-0.1, -0.05) is 44.7 Å². The first kappa shape index (κ1) is 21.8. The van der Waals surface area contributed by atoms with E-state index in [1.54, 1.807) is 4.57 Å². The molecule has 7 heteroatoms. The number of carbonyl (C=O) groups excluding carboxylic acids is 1. The van der Waals surface area contributed by atoms with E-state index in [0.29, 0.717) is 28.5 Å². The maximum absolute atomic E-state index is 13.1. The molecule has 0 bridgehead atoms. The first-order valence-corrected chi connectivity index (χ1v) is 11.5. The number of thioether (sulfide) groups is 1. The maximum atomic E-state index is 13.1. The Bertz CT molecular complexity index is 903. The number of fused-ring (bicyclic) bond motifs is 1. The Balaban J connectivity index is 1.83. The average molecular weight is 417 g/mol. The number of amides is 1. The summed E-state index contributed by atoms with van der Waals surface area (Å²) in [5, 5.41) is 0.999. The summed E-state index contributed by atoms with van der Waals surface area (Å²) >= 11 is 1.41. The first-order valence-electron chi connectivity index (χ1n) is 10.6. The minimum absolute atomic E-state index is 0.0186. The van der Waals surface area contributed by atoms with Gasteiger partial charge >= 0.3 is 0 Å². The molecule has 3 rings (SSSR count). The number of hydrogen-bond donors (Lipinski definition) is 0. The molecule has 2 heterocycles. The molecular weight excluding hydrogens is 384 g/mol. The summed E-state index contributed by atoms with van der Waals surface area (Å²) in [5.41, 5.74) is 0.673. The molecule has 1 unspecified atom stereocenters. The summed E-state index contributed by atoms with van der Waals surface area (Å²) in [7, 11) is 0. The first-order chi connectivity index (χ1) is 13.9. The highest BCUT2D eigenvalue weighted by atomic mass is 32.2. The molecule has 1 aliphatic rings. The van der Waals surface area contributed by atoms with E-state index < -0.39 is 0 Å². The molecule has 1 saturated heterocycles. The van der Waals surface area contributed by atoms with Crippen molar-refractivity contribution in [2.75, 3.05) is 32.7 Å². The van der Waals surface area contributed by atoms with Crippen molar-refractivity contribution < 1.29 is 4.79 Å². The van der Waals surface area contributed by atoms with E-state index >= 15 is 0 Å². The third-order valence-corrected chi connectivity index (χ3v) is 6.60. The lowest BCUT2D eigenvalue weighted by molar-refractivity contribution is -0.132. The van der Waals surface area contributed by atoms with Gasteiger partial charge in [0.05, 0.1) is 16.2 Å². The van der Waals surface area contributed by atoms with Gasteiger partial charge in [-0.3, -0.25) is 14.2 Å². The molecule has 0 aliphatic carbocycles. The number of nitrogens with zero attached hydrogens (tertiary/aromatic N) is 4. The van der Waals surface area contributed by atoms with Gasteiger partial charge in [-0.15, -0.1) is 0 Å². The zero-order chi connectivity index (χ0) is 21.0. The van der Waals surface area contributed by atoms with Gasteiger partial charge in [-0.05, 0) is 37.9 Å². The number of benzene rings is 1. The Hall–Kier alpha value is -1.86. The molecule has 158 valence electrons.